The molecule has 1 saturated carbocycles. The molecular weight excluding hydrogens is 399 g/mol. The lowest BCUT2D eigenvalue weighted by atomic mass is 9.91. The molecule has 1 aliphatic rings. The van der Waals surface area contributed by atoms with Gasteiger partial charge in [-0.1, -0.05) is 43.2 Å². The summed E-state index contributed by atoms with van der Waals surface area (Å²) in [4.78, 5) is 20.0. The van der Waals surface area contributed by atoms with Crippen molar-refractivity contribution in [2.45, 2.75) is 37.8 Å². The molecule has 0 unspecified atom stereocenters. The first-order valence-corrected chi connectivity index (χ1v) is 10.1. The number of halogens is 1. The number of hydrogen-bond acceptors (Lipinski definition) is 8. The first-order valence-electron chi connectivity index (χ1n) is 10.1. The Morgan fingerprint density at radius 3 is 2.61 bits per heavy atom. The Balaban J connectivity index is 1.64. The highest BCUT2D eigenvalue weighted by Gasteiger charge is 2.24. The number of nitrogens with one attached hydrogen (secondary N) is 2. The number of nitrogens with zero attached hydrogens (tertiary/aromatic N) is 4. The molecule has 2 heterocycles. The van der Waals surface area contributed by atoms with Gasteiger partial charge in [0.25, 0.3) is 5.91 Å². The maximum Gasteiger partial charge on any atom is 0.273 e. The summed E-state index contributed by atoms with van der Waals surface area (Å²) in [5, 5.41) is 13.8. The number of carbonyl (C=O) groups excluding carboxylic acids is 1. The molecule has 1 aromatic carbocycles. The van der Waals surface area contributed by atoms with Crippen LogP contribution < -0.4 is 22.1 Å². The molecule has 2 aromatic heterocycles. The van der Waals surface area contributed by atoms with Gasteiger partial charge in [-0.25, -0.2) is 4.98 Å². The summed E-state index contributed by atoms with van der Waals surface area (Å²) in [7, 11) is 0. The van der Waals surface area contributed by atoms with Gasteiger partial charge in [0.15, 0.2) is 11.5 Å². The van der Waals surface area contributed by atoms with Crippen molar-refractivity contribution >= 4 is 23.4 Å². The third-order valence-electron chi connectivity index (χ3n) is 5.25. The summed E-state index contributed by atoms with van der Waals surface area (Å²) < 4.78 is 14.4. The standard InChI is InChI=1S/C21H23FN8O/c22-18-16(10-13(11-25-18)12-6-2-1-3-7-12)26-20-17(19(24)31)29-30-21(28-20)27-15-9-5-4-8-14(15)23/h1-3,6-7,10-11,14-15H,4-5,8-9,23H2,(H2,24,31)(H2,26,27,28,30)/t14-,15+/m0/s1. The number of anilines is 3. The van der Waals surface area contributed by atoms with E-state index >= 15 is 0 Å². The molecule has 1 fully saturated rings. The van der Waals surface area contributed by atoms with E-state index in [1.54, 1.807) is 6.07 Å². The van der Waals surface area contributed by atoms with Crippen LogP contribution in [-0.4, -0.2) is 38.2 Å². The fourth-order valence-corrected chi connectivity index (χ4v) is 3.60. The summed E-state index contributed by atoms with van der Waals surface area (Å²) in [6.07, 6.45) is 5.34. The van der Waals surface area contributed by atoms with Gasteiger partial charge in [-0.15, -0.1) is 10.2 Å². The van der Waals surface area contributed by atoms with Gasteiger partial charge >= 0.3 is 0 Å². The molecular formula is C21H23FN8O. The van der Waals surface area contributed by atoms with E-state index in [0.29, 0.717) is 5.56 Å². The van der Waals surface area contributed by atoms with E-state index in [2.05, 4.69) is 30.8 Å². The molecule has 0 saturated heterocycles. The van der Waals surface area contributed by atoms with Crippen molar-refractivity contribution in [3.05, 3.63) is 54.2 Å². The van der Waals surface area contributed by atoms with Gasteiger partial charge < -0.3 is 22.1 Å². The van der Waals surface area contributed by atoms with Crippen LogP contribution in [0.5, 0.6) is 0 Å². The highest BCUT2D eigenvalue weighted by molar-refractivity contribution is 5.96. The highest BCUT2D eigenvalue weighted by Crippen LogP contribution is 2.27. The Kier molecular flexibility index (Phi) is 5.99. The topological polar surface area (TPSA) is 145 Å². The zero-order chi connectivity index (χ0) is 21.8. The zero-order valence-corrected chi connectivity index (χ0v) is 16.8. The van der Waals surface area contributed by atoms with E-state index in [1.165, 1.54) is 6.20 Å². The number of aromatic nitrogens is 4. The summed E-state index contributed by atoms with van der Waals surface area (Å²) in [5.74, 6) is -1.42. The van der Waals surface area contributed by atoms with Crippen LogP contribution in [0.25, 0.3) is 11.1 Å². The van der Waals surface area contributed by atoms with Crippen molar-refractivity contribution in [2.75, 3.05) is 10.6 Å². The molecule has 0 bridgehead atoms. The Morgan fingerprint density at radius 2 is 1.87 bits per heavy atom. The van der Waals surface area contributed by atoms with Gasteiger partial charge in [0, 0.05) is 23.8 Å². The van der Waals surface area contributed by atoms with Crippen LogP contribution in [0.15, 0.2) is 42.6 Å². The molecule has 9 nitrogen and oxygen atoms in total. The van der Waals surface area contributed by atoms with Gasteiger partial charge in [-0.3, -0.25) is 4.79 Å². The van der Waals surface area contributed by atoms with Crippen molar-refractivity contribution < 1.29 is 9.18 Å². The summed E-state index contributed by atoms with van der Waals surface area (Å²) >= 11 is 0. The van der Waals surface area contributed by atoms with Crippen molar-refractivity contribution in [2.24, 2.45) is 11.5 Å². The summed E-state index contributed by atoms with van der Waals surface area (Å²) in [6.45, 7) is 0. The number of primary amides is 1. The fraction of sp³-hybridized carbons (Fsp3) is 0.286. The number of pyridine rings is 1. The van der Waals surface area contributed by atoms with Crippen molar-refractivity contribution in [1.29, 1.82) is 0 Å². The maximum absolute atomic E-state index is 14.4. The predicted octanol–water partition coefficient (Wildman–Crippen LogP) is 2.60. The van der Waals surface area contributed by atoms with Crippen molar-refractivity contribution in [3.63, 3.8) is 0 Å². The second kappa shape index (κ2) is 9.00. The van der Waals surface area contributed by atoms with Crippen LogP contribution in [0.1, 0.15) is 36.2 Å². The second-order valence-corrected chi connectivity index (χ2v) is 7.45. The molecule has 2 atom stereocenters. The zero-order valence-electron chi connectivity index (χ0n) is 16.8. The Labute approximate surface area is 178 Å². The first kappa shape index (κ1) is 20.6. The Morgan fingerprint density at radius 1 is 1.10 bits per heavy atom. The van der Waals surface area contributed by atoms with Crippen LogP contribution in [0, 0.1) is 5.95 Å². The average molecular weight is 422 g/mol. The molecule has 160 valence electrons. The van der Waals surface area contributed by atoms with Crippen LogP contribution >= 0.6 is 0 Å². The molecule has 10 heteroatoms. The first-order chi connectivity index (χ1) is 15.0. The van der Waals surface area contributed by atoms with Gasteiger partial charge in [0.1, 0.15) is 0 Å². The smallest absolute Gasteiger partial charge is 0.273 e. The van der Waals surface area contributed by atoms with E-state index in [9.17, 15) is 9.18 Å². The van der Waals surface area contributed by atoms with Crippen molar-refractivity contribution in [1.82, 2.24) is 20.2 Å². The minimum Gasteiger partial charge on any atom is -0.364 e. The largest absolute Gasteiger partial charge is 0.364 e. The lowest BCUT2D eigenvalue weighted by molar-refractivity contribution is 0.0995. The number of nitrogens with two attached hydrogens (primary N) is 2. The molecule has 0 aliphatic heterocycles. The number of rotatable bonds is 6. The third kappa shape index (κ3) is 4.75. The molecule has 0 spiro atoms. The van der Waals surface area contributed by atoms with E-state index in [1.807, 2.05) is 30.3 Å². The normalized spacial score (nSPS) is 18.4. The maximum atomic E-state index is 14.4. The Hall–Kier alpha value is -3.66. The molecule has 0 radical (unpaired) electrons. The fourth-order valence-electron chi connectivity index (χ4n) is 3.60. The van der Waals surface area contributed by atoms with Crippen molar-refractivity contribution in [3.8, 4) is 11.1 Å². The predicted molar refractivity (Wildman–Crippen MR) is 115 cm³/mol. The third-order valence-corrected chi connectivity index (χ3v) is 5.25. The minimum atomic E-state index is -0.837. The molecule has 1 amide bonds. The van der Waals surface area contributed by atoms with Gasteiger partial charge in [0.2, 0.25) is 11.9 Å². The molecule has 6 N–H and O–H groups in total. The van der Waals surface area contributed by atoms with Gasteiger partial charge in [-0.2, -0.15) is 9.37 Å². The molecule has 1 aliphatic carbocycles. The second-order valence-electron chi connectivity index (χ2n) is 7.45. The van der Waals surface area contributed by atoms with E-state index < -0.39 is 11.9 Å². The average Bonchev–Trinajstić information content (AvgIpc) is 2.77. The number of amides is 1. The minimum absolute atomic E-state index is 0.0114. The Bertz CT molecular complexity index is 1080. The van der Waals surface area contributed by atoms with Gasteiger partial charge in [-0.05, 0) is 24.5 Å². The molecule has 4 rings (SSSR count). The van der Waals surface area contributed by atoms with Crippen LogP contribution in [0.3, 0.4) is 0 Å². The van der Waals surface area contributed by atoms with Crippen LogP contribution in [-0.2, 0) is 0 Å². The van der Waals surface area contributed by atoms with E-state index in [0.717, 1.165) is 31.2 Å². The lowest BCUT2D eigenvalue weighted by Gasteiger charge is -2.29. The SMILES string of the molecule is NC(=O)c1nnc(N[C@@H]2CCCC[C@@H]2N)nc1Nc1cc(-c2ccccc2)cnc1F. The number of carbonyl (C=O) groups is 1. The number of hydrogen-bond donors (Lipinski definition) is 4. The lowest BCUT2D eigenvalue weighted by Crippen LogP contribution is -2.43. The quantitative estimate of drug-likeness (QED) is 0.444. The highest BCUT2D eigenvalue weighted by atomic mass is 19.1. The van der Waals surface area contributed by atoms with Gasteiger partial charge in [0.05, 0.1) is 5.69 Å². The summed E-state index contributed by atoms with van der Waals surface area (Å²) in [5.41, 5.74) is 13.0. The number of benzene rings is 1. The molecule has 31 heavy (non-hydrogen) atoms. The van der Waals surface area contributed by atoms with E-state index in [-0.39, 0.29) is 35.2 Å². The van der Waals surface area contributed by atoms with Crippen LogP contribution in [0.2, 0.25) is 0 Å². The van der Waals surface area contributed by atoms with Crippen LogP contribution in [0.4, 0.5) is 21.8 Å². The molecule has 3 aromatic rings. The summed E-state index contributed by atoms with van der Waals surface area (Å²) in [6, 6.07) is 10.9. The van der Waals surface area contributed by atoms with E-state index in [4.69, 9.17) is 11.5 Å². The monoisotopic (exact) mass is 422 g/mol.